The van der Waals surface area contributed by atoms with E-state index in [-0.39, 0.29) is 0 Å². The van der Waals surface area contributed by atoms with Crippen molar-refractivity contribution in [2.75, 3.05) is 6.54 Å². The second-order valence-electron chi connectivity index (χ2n) is 5.40. The highest BCUT2D eigenvalue weighted by Gasteiger charge is 2.11. The summed E-state index contributed by atoms with van der Waals surface area (Å²) in [4.78, 5) is 31.3. The zero-order chi connectivity index (χ0) is 15.9. The van der Waals surface area contributed by atoms with Gasteiger partial charge in [0.25, 0.3) is 0 Å². The number of rotatable bonds is 13. The van der Waals surface area contributed by atoms with Crippen molar-refractivity contribution in [2.24, 2.45) is 0 Å². The van der Waals surface area contributed by atoms with E-state index in [1.54, 1.807) is 0 Å². The van der Waals surface area contributed by atoms with Gasteiger partial charge < -0.3 is 9.68 Å². The van der Waals surface area contributed by atoms with Gasteiger partial charge in [0.15, 0.2) is 0 Å². The number of hydroxylamine groups is 2. The zero-order valence-corrected chi connectivity index (χ0v) is 13.9. The number of nitrogens with zero attached hydrogens (tertiary/aromatic N) is 1. The summed E-state index contributed by atoms with van der Waals surface area (Å²) >= 11 is 0. The van der Waals surface area contributed by atoms with Gasteiger partial charge in [-0.25, -0.2) is 0 Å². The Morgan fingerprint density at radius 3 is 1.48 bits per heavy atom. The van der Waals surface area contributed by atoms with Crippen LogP contribution in [0.1, 0.15) is 85.0 Å². The first-order valence-corrected chi connectivity index (χ1v) is 8.20. The quantitative estimate of drug-likeness (QED) is 0.377. The Bertz CT molecular complexity index is 265. The Hall–Kier alpha value is -1.10. The van der Waals surface area contributed by atoms with Crippen molar-refractivity contribution < 1.29 is 19.3 Å². The van der Waals surface area contributed by atoms with Gasteiger partial charge in [0.1, 0.15) is 0 Å². The predicted octanol–water partition coefficient (Wildman–Crippen LogP) is 4.17. The molecule has 21 heavy (non-hydrogen) atoms. The molecule has 5 nitrogen and oxygen atoms in total. The molecule has 0 saturated heterocycles. The first-order chi connectivity index (χ1) is 10.1. The molecule has 0 saturated carbocycles. The van der Waals surface area contributed by atoms with Crippen LogP contribution in [0.15, 0.2) is 0 Å². The number of carbonyl (C=O) groups is 2. The van der Waals surface area contributed by atoms with Gasteiger partial charge in [0.2, 0.25) is 0 Å². The molecule has 0 fully saturated rings. The molecule has 0 rings (SSSR count). The third-order valence-electron chi connectivity index (χ3n) is 3.15. The SMILES string of the molecule is CCCCCCCCCCCCN(OC(C)=O)OC(C)=O. The van der Waals surface area contributed by atoms with Crippen molar-refractivity contribution in [1.82, 2.24) is 5.23 Å². The molecule has 0 aromatic heterocycles. The van der Waals surface area contributed by atoms with Crippen molar-refractivity contribution in [1.29, 1.82) is 0 Å². The van der Waals surface area contributed by atoms with E-state index in [4.69, 9.17) is 9.68 Å². The highest BCUT2D eigenvalue weighted by Crippen LogP contribution is 2.11. The maximum Gasteiger partial charge on any atom is 0.326 e. The lowest BCUT2D eigenvalue weighted by atomic mass is 10.1. The molecule has 0 aromatic carbocycles. The molecule has 0 aromatic rings. The molecule has 0 aliphatic rings. The summed E-state index contributed by atoms with van der Waals surface area (Å²) < 4.78 is 0. The van der Waals surface area contributed by atoms with E-state index >= 15 is 0 Å². The van der Waals surface area contributed by atoms with Crippen molar-refractivity contribution in [2.45, 2.75) is 85.0 Å². The molecule has 0 radical (unpaired) electrons. The van der Waals surface area contributed by atoms with E-state index < -0.39 is 11.9 Å². The fourth-order valence-electron chi connectivity index (χ4n) is 2.13. The molecule has 0 atom stereocenters. The molecule has 124 valence electrons. The minimum atomic E-state index is -0.483. The highest BCUT2D eigenvalue weighted by atomic mass is 17.0. The fourth-order valence-corrected chi connectivity index (χ4v) is 2.13. The average molecular weight is 301 g/mol. The molecule has 0 N–H and O–H groups in total. The van der Waals surface area contributed by atoms with Gasteiger partial charge in [0.05, 0.1) is 6.54 Å². The van der Waals surface area contributed by atoms with Crippen molar-refractivity contribution in [3.05, 3.63) is 0 Å². The van der Waals surface area contributed by atoms with Crippen LogP contribution in [0.4, 0.5) is 0 Å². The fraction of sp³-hybridized carbons (Fsp3) is 0.875. The van der Waals surface area contributed by atoms with Gasteiger partial charge >= 0.3 is 11.9 Å². The summed E-state index contributed by atoms with van der Waals surface area (Å²) in [6.07, 6.45) is 12.3. The number of hydrogen-bond donors (Lipinski definition) is 0. The van der Waals surface area contributed by atoms with Crippen LogP contribution in [0.2, 0.25) is 0 Å². The molecule has 0 amide bonds. The van der Waals surface area contributed by atoms with Gasteiger partial charge in [-0.2, -0.15) is 0 Å². The monoisotopic (exact) mass is 301 g/mol. The molecule has 5 heteroatoms. The topological polar surface area (TPSA) is 55.8 Å². The summed E-state index contributed by atoms with van der Waals surface area (Å²) in [6, 6.07) is 0. The first-order valence-electron chi connectivity index (χ1n) is 8.20. The van der Waals surface area contributed by atoms with Crippen molar-refractivity contribution >= 4 is 11.9 Å². The molecule has 0 spiro atoms. The van der Waals surface area contributed by atoms with Crippen LogP contribution in [0.3, 0.4) is 0 Å². The Kier molecular flexibility index (Phi) is 13.1. The van der Waals surface area contributed by atoms with Crippen LogP contribution in [-0.2, 0) is 19.3 Å². The summed E-state index contributed by atoms with van der Waals surface area (Å²) in [7, 11) is 0. The smallest absolute Gasteiger partial charge is 0.326 e. The molecular weight excluding hydrogens is 270 g/mol. The lowest BCUT2D eigenvalue weighted by molar-refractivity contribution is -0.323. The summed E-state index contributed by atoms with van der Waals surface area (Å²) in [6.45, 7) is 5.23. The third-order valence-corrected chi connectivity index (χ3v) is 3.15. The Balaban J connectivity index is 3.48. The third kappa shape index (κ3) is 15.1. The predicted molar refractivity (Wildman–Crippen MR) is 82.1 cm³/mol. The zero-order valence-electron chi connectivity index (χ0n) is 13.9. The molecular formula is C16H31NO4. The normalized spacial score (nSPS) is 10.7. The van der Waals surface area contributed by atoms with Gasteiger partial charge in [-0.1, -0.05) is 64.7 Å². The second-order valence-corrected chi connectivity index (χ2v) is 5.40. The van der Waals surface area contributed by atoms with Gasteiger partial charge in [0, 0.05) is 19.1 Å². The largest absolute Gasteiger partial charge is 0.333 e. The van der Waals surface area contributed by atoms with Crippen LogP contribution >= 0.6 is 0 Å². The summed E-state index contributed by atoms with van der Waals surface area (Å²) in [5.41, 5.74) is 0. The maximum absolute atomic E-state index is 10.9. The van der Waals surface area contributed by atoms with Crippen LogP contribution in [-0.4, -0.2) is 23.7 Å². The van der Waals surface area contributed by atoms with E-state index in [2.05, 4.69) is 6.92 Å². The van der Waals surface area contributed by atoms with E-state index in [1.165, 1.54) is 65.2 Å². The highest BCUT2D eigenvalue weighted by molar-refractivity contribution is 5.67. The molecule has 0 bridgehead atoms. The molecule has 0 unspecified atom stereocenters. The van der Waals surface area contributed by atoms with E-state index in [1.807, 2.05) is 0 Å². The van der Waals surface area contributed by atoms with Gasteiger partial charge in [-0.15, -0.1) is 0 Å². The van der Waals surface area contributed by atoms with Crippen LogP contribution in [0.5, 0.6) is 0 Å². The van der Waals surface area contributed by atoms with Crippen LogP contribution in [0.25, 0.3) is 0 Å². The second kappa shape index (κ2) is 13.9. The Labute approximate surface area is 128 Å². The van der Waals surface area contributed by atoms with Crippen molar-refractivity contribution in [3.63, 3.8) is 0 Å². The minimum Gasteiger partial charge on any atom is -0.333 e. The van der Waals surface area contributed by atoms with E-state index in [9.17, 15) is 9.59 Å². The van der Waals surface area contributed by atoms with Crippen LogP contribution < -0.4 is 0 Å². The standard InChI is InChI=1S/C16H31NO4/c1-4-5-6-7-8-9-10-11-12-13-14-17(20-15(2)18)21-16(3)19/h4-14H2,1-3H3. The summed E-state index contributed by atoms with van der Waals surface area (Å²) in [5, 5.41) is 0.982. The Morgan fingerprint density at radius 2 is 1.10 bits per heavy atom. The lowest BCUT2D eigenvalue weighted by Crippen LogP contribution is -2.29. The van der Waals surface area contributed by atoms with Crippen LogP contribution in [0, 0.1) is 0 Å². The average Bonchev–Trinajstić information content (AvgIpc) is 2.39. The van der Waals surface area contributed by atoms with Gasteiger partial charge in [-0.3, -0.25) is 9.59 Å². The van der Waals surface area contributed by atoms with Gasteiger partial charge in [-0.05, 0) is 6.42 Å². The number of hydrogen-bond acceptors (Lipinski definition) is 5. The number of unbranched alkanes of at least 4 members (excludes halogenated alkanes) is 9. The Morgan fingerprint density at radius 1 is 0.714 bits per heavy atom. The minimum absolute atomic E-state index is 0.426. The van der Waals surface area contributed by atoms with Crippen molar-refractivity contribution in [3.8, 4) is 0 Å². The first kappa shape index (κ1) is 19.9. The lowest BCUT2D eigenvalue weighted by Gasteiger charge is -2.17. The summed E-state index contributed by atoms with van der Waals surface area (Å²) in [5.74, 6) is -0.966. The molecule has 0 heterocycles. The maximum atomic E-state index is 10.9. The number of carbonyl (C=O) groups excluding carboxylic acids is 2. The molecule has 0 aliphatic carbocycles. The van der Waals surface area contributed by atoms with E-state index in [0.29, 0.717) is 6.54 Å². The molecule has 0 aliphatic heterocycles. The van der Waals surface area contributed by atoms with E-state index in [0.717, 1.165) is 18.1 Å².